The summed E-state index contributed by atoms with van der Waals surface area (Å²) >= 11 is 0. The summed E-state index contributed by atoms with van der Waals surface area (Å²) in [6.45, 7) is 7.96. The number of aromatic nitrogens is 1. The van der Waals surface area contributed by atoms with Gasteiger partial charge in [-0.3, -0.25) is 14.5 Å². The summed E-state index contributed by atoms with van der Waals surface area (Å²) in [7, 11) is 0. The number of para-hydroxylation sites is 1. The molecule has 0 radical (unpaired) electrons. The van der Waals surface area contributed by atoms with E-state index in [1.165, 1.54) is 0 Å². The van der Waals surface area contributed by atoms with Gasteiger partial charge in [0.1, 0.15) is 0 Å². The summed E-state index contributed by atoms with van der Waals surface area (Å²) in [5.41, 5.74) is 2.96. The molecule has 1 unspecified atom stereocenters. The minimum atomic E-state index is 0.163. The number of hydrogen-bond donors (Lipinski definition) is 1. The van der Waals surface area contributed by atoms with Crippen molar-refractivity contribution in [1.82, 2.24) is 14.8 Å². The number of carbonyl (C=O) groups is 1. The highest BCUT2D eigenvalue weighted by Gasteiger charge is 2.34. The van der Waals surface area contributed by atoms with Gasteiger partial charge < -0.3 is 9.88 Å². The molecule has 1 amide bonds. The number of fused-ring (bicyclic) bond motifs is 1. The first-order valence-corrected chi connectivity index (χ1v) is 10.7. The lowest BCUT2D eigenvalue weighted by Crippen LogP contribution is -2.39. The van der Waals surface area contributed by atoms with Crippen molar-refractivity contribution in [3.8, 4) is 0 Å². The van der Waals surface area contributed by atoms with Gasteiger partial charge in [0.15, 0.2) is 5.43 Å². The number of carbonyl (C=O) groups excluding carboxylic acids is 1. The van der Waals surface area contributed by atoms with E-state index < -0.39 is 0 Å². The molecule has 1 aliphatic heterocycles. The average Bonchev–Trinajstić information content (AvgIpc) is 3.54. The predicted molar refractivity (Wildman–Crippen MR) is 113 cm³/mol. The van der Waals surface area contributed by atoms with Gasteiger partial charge >= 0.3 is 0 Å². The van der Waals surface area contributed by atoms with Crippen LogP contribution in [0.2, 0.25) is 0 Å². The molecule has 0 bridgehead atoms. The van der Waals surface area contributed by atoms with Crippen LogP contribution in [0.4, 0.5) is 0 Å². The molecule has 1 aromatic carbocycles. The van der Waals surface area contributed by atoms with Crippen LogP contribution in [0, 0.1) is 12.8 Å². The Morgan fingerprint density at radius 2 is 1.96 bits per heavy atom. The van der Waals surface area contributed by atoms with Crippen LogP contribution in [0.3, 0.4) is 0 Å². The minimum Gasteiger partial charge on any atom is -0.358 e. The molecule has 5 nitrogen and oxygen atoms in total. The van der Waals surface area contributed by atoms with Crippen LogP contribution in [0.25, 0.3) is 10.9 Å². The summed E-state index contributed by atoms with van der Waals surface area (Å²) in [6.07, 6.45) is 4.94. The second kappa shape index (κ2) is 8.08. The topological polar surface area (TPSA) is 56.4 Å². The fourth-order valence-corrected chi connectivity index (χ4v) is 4.42. The molecule has 2 heterocycles. The van der Waals surface area contributed by atoms with Crippen LogP contribution >= 0.6 is 0 Å². The third-order valence-electron chi connectivity index (χ3n) is 6.42. The van der Waals surface area contributed by atoms with Gasteiger partial charge in [-0.15, -0.1) is 0 Å². The number of aryl methyl sites for hydroxylation is 1. The Morgan fingerprint density at radius 3 is 2.75 bits per heavy atom. The van der Waals surface area contributed by atoms with Crippen LogP contribution in [-0.2, 0) is 11.2 Å². The lowest BCUT2D eigenvalue weighted by atomic mass is 10.0. The normalized spacial score (nSPS) is 19.6. The standard InChI is InChI=1S/C23H31N3O2/c1-16(25-12-5-13-26(15-14-25)23(28)18-9-10-18)8-11-19-17(2)24-21-7-4-3-6-20(21)22(19)27/h3-4,6-7,16,18H,5,8-15H2,1-2H3,(H,24,27). The molecule has 1 saturated heterocycles. The molecule has 5 heteroatoms. The van der Waals surface area contributed by atoms with Gasteiger partial charge in [0.2, 0.25) is 5.91 Å². The van der Waals surface area contributed by atoms with E-state index in [0.29, 0.717) is 17.9 Å². The average molecular weight is 382 g/mol. The van der Waals surface area contributed by atoms with Crippen molar-refractivity contribution in [2.45, 2.75) is 52.0 Å². The Hall–Kier alpha value is -2.14. The highest BCUT2D eigenvalue weighted by Crippen LogP contribution is 2.31. The second-order valence-corrected chi connectivity index (χ2v) is 8.48. The number of amides is 1. The van der Waals surface area contributed by atoms with Crippen molar-refractivity contribution in [3.63, 3.8) is 0 Å². The Bertz CT molecular complexity index is 916. The first-order chi connectivity index (χ1) is 13.5. The van der Waals surface area contributed by atoms with Crippen molar-refractivity contribution >= 4 is 16.8 Å². The van der Waals surface area contributed by atoms with Gasteiger partial charge in [0.05, 0.1) is 0 Å². The van der Waals surface area contributed by atoms with Gasteiger partial charge in [0.25, 0.3) is 0 Å². The van der Waals surface area contributed by atoms with Crippen LogP contribution in [0.15, 0.2) is 29.1 Å². The molecule has 4 rings (SSSR count). The summed E-state index contributed by atoms with van der Waals surface area (Å²) in [4.78, 5) is 33.2. The van der Waals surface area contributed by atoms with E-state index in [-0.39, 0.29) is 5.43 Å². The number of benzene rings is 1. The zero-order valence-electron chi connectivity index (χ0n) is 17.0. The number of H-pyrrole nitrogens is 1. The van der Waals surface area contributed by atoms with Crippen molar-refractivity contribution < 1.29 is 4.79 Å². The van der Waals surface area contributed by atoms with Crippen molar-refractivity contribution in [1.29, 1.82) is 0 Å². The summed E-state index contributed by atoms with van der Waals surface area (Å²) in [5, 5.41) is 0.778. The van der Waals surface area contributed by atoms with E-state index >= 15 is 0 Å². The Kier molecular flexibility index (Phi) is 5.54. The summed E-state index contributed by atoms with van der Waals surface area (Å²) < 4.78 is 0. The van der Waals surface area contributed by atoms with E-state index in [4.69, 9.17) is 0 Å². The fourth-order valence-electron chi connectivity index (χ4n) is 4.42. The molecule has 1 N–H and O–H groups in total. The van der Waals surface area contributed by atoms with Gasteiger partial charge in [-0.2, -0.15) is 0 Å². The number of nitrogens with one attached hydrogen (secondary N) is 1. The first-order valence-electron chi connectivity index (χ1n) is 10.7. The molecule has 0 spiro atoms. The Balaban J connectivity index is 1.39. The highest BCUT2D eigenvalue weighted by atomic mass is 16.2. The largest absolute Gasteiger partial charge is 0.358 e. The molecule has 28 heavy (non-hydrogen) atoms. The maximum Gasteiger partial charge on any atom is 0.225 e. The fraction of sp³-hybridized carbons (Fsp3) is 0.565. The predicted octanol–water partition coefficient (Wildman–Crippen LogP) is 3.10. The molecule has 2 fully saturated rings. The Morgan fingerprint density at radius 1 is 1.18 bits per heavy atom. The monoisotopic (exact) mass is 381 g/mol. The molecule has 1 atom stereocenters. The van der Waals surface area contributed by atoms with Crippen molar-refractivity contribution in [2.24, 2.45) is 5.92 Å². The number of pyridine rings is 1. The van der Waals surface area contributed by atoms with E-state index in [1.807, 2.05) is 31.2 Å². The first kappa shape index (κ1) is 19.2. The number of aromatic amines is 1. The molecule has 1 saturated carbocycles. The third kappa shape index (κ3) is 4.00. The van der Waals surface area contributed by atoms with E-state index in [2.05, 4.69) is 21.7 Å². The maximum absolute atomic E-state index is 12.9. The highest BCUT2D eigenvalue weighted by molar-refractivity contribution is 5.81. The van der Waals surface area contributed by atoms with Crippen molar-refractivity contribution in [2.75, 3.05) is 26.2 Å². The zero-order valence-corrected chi connectivity index (χ0v) is 17.0. The Labute approximate surface area is 166 Å². The SMILES string of the molecule is Cc1[nH]c2ccccc2c(=O)c1CCC(C)N1CCCN(C(=O)C2CC2)CC1. The number of rotatable bonds is 5. The molecule has 1 aromatic heterocycles. The third-order valence-corrected chi connectivity index (χ3v) is 6.42. The van der Waals surface area contributed by atoms with Crippen LogP contribution < -0.4 is 5.43 Å². The van der Waals surface area contributed by atoms with Gasteiger partial charge in [-0.25, -0.2) is 0 Å². The lowest BCUT2D eigenvalue weighted by molar-refractivity contribution is -0.132. The van der Waals surface area contributed by atoms with E-state index in [1.54, 1.807) is 0 Å². The maximum atomic E-state index is 12.9. The summed E-state index contributed by atoms with van der Waals surface area (Å²) in [5.74, 6) is 0.680. The number of hydrogen-bond acceptors (Lipinski definition) is 3. The molecule has 2 aromatic rings. The zero-order chi connectivity index (χ0) is 19.7. The minimum absolute atomic E-state index is 0.163. The molecule has 150 valence electrons. The second-order valence-electron chi connectivity index (χ2n) is 8.48. The van der Waals surface area contributed by atoms with Crippen LogP contribution in [0.5, 0.6) is 0 Å². The molecule has 1 aliphatic carbocycles. The van der Waals surface area contributed by atoms with Crippen LogP contribution in [0.1, 0.15) is 43.9 Å². The lowest BCUT2D eigenvalue weighted by Gasteiger charge is -2.28. The number of nitrogens with zero attached hydrogens (tertiary/aromatic N) is 2. The molecular weight excluding hydrogens is 350 g/mol. The summed E-state index contributed by atoms with van der Waals surface area (Å²) in [6, 6.07) is 8.14. The van der Waals surface area contributed by atoms with E-state index in [9.17, 15) is 9.59 Å². The van der Waals surface area contributed by atoms with Gasteiger partial charge in [-0.05, 0) is 58.1 Å². The van der Waals surface area contributed by atoms with Gasteiger partial charge in [-0.1, -0.05) is 12.1 Å². The van der Waals surface area contributed by atoms with Gasteiger partial charge in [0, 0.05) is 60.3 Å². The van der Waals surface area contributed by atoms with Crippen molar-refractivity contribution in [3.05, 3.63) is 45.7 Å². The molecule has 2 aliphatic rings. The smallest absolute Gasteiger partial charge is 0.225 e. The van der Waals surface area contributed by atoms with Crippen LogP contribution in [-0.4, -0.2) is 52.9 Å². The molecular formula is C23H31N3O2. The van der Waals surface area contributed by atoms with E-state index in [0.717, 1.165) is 80.4 Å². The quantitative estimate of drug-likeness (QED) is 0.866.